The van der Waals surface area contributed by atoms with E-state index in [4.69, 9.17) is 0 Å². The van der Waals surface area contributed by atoms with Crippen LogP contribution in [0.4, 0.5) is 0 Å². The maximum absolute atomic E-state index is 2.53. The van der Waals surface area contributed by atoms with Gasteiger partial charge in [0.2, 0.25) is 0 Å². The van der Waals surface area contributed by atoms with Crippen molar-refractivity contribution < 1.29 is 1.43 Å². The predicted octanol–water partition coefficient (Wildman–Crippen LogP) is 4.42. The molecular weight excluding hydrogens is 179 g/mol. The topological polar surface area (TPSA) is 0 Å². The Kier molecular flexibility index (Phi) is 2.61. The van der Waals surface area contributed by atoms with Crippen LogP contribution in [0.15, 0.2) is 0 Å². The average molecular weight is 206 g/mol. The summed E-state index contributed by atoms with van der Waals surface area (Å²) in [5, 5.41) is 0.830. The van der Waals surface area contributed by atoms with Crippen LogP contribution in [0.5, 0.6) is 0 Å². The van der Waals surface area contributed by atoms with Crippen molar-refractivity contribution in [3.8, 4) is 0 Å². The van der Waals surface area contributed by atoms with Crippen molar-refractivity contribution in [2.75, 3.05) is 0 Å². The Morgan fingerprint density at radius 3 is 2.33 bits per heavy atom. The van der Waals surface area contributed by atoms with E-state index in [9.17, 15) is 0 Å². The average Bonchev–Trinajstić information content (AvgIpc) is 2.65. The lowest BCUT2D eigenvalue weighted by molar-refractivity contribution is 0.217. The van der Waals surface area contributed by atoms with Gasteiger partial charge in [-0.1, -0.05) is 75.8 Å². The largest absolute Gasteiger partial charge is 0.131 e. The Bertz CT molecular complexity index is 231. The monoisotopic (exact) mass is 206 g/mol. The SMILES string of the molecule is CC1CCCC1C12BC(CCC1)CCC2.[HH]. The first-order valence-electron chi connectivity index (χ1n) is 7.30. The van der Waals surface area contributed by atoms with E-state index in [0.29, 0.717) is 0 Å². The molecule has 2 unspecified atom stereocenters. The molecule has 2 bridgehead atoms. The summed E-state index contributed by atoms with van der Waals surface area (Å²) in [5.74, 6) is 3.28. The van der Waals surface area contributed by atoms with E-state index in [1.165, 1.54) is 12.8 Å². The third-order valence-electron chi connectivity index (χ3n) is 5.92. The van der Waals surface area contributed by atoms with Crippen molar-refractivity contribution in [1.82, 2.24) is 0 Å². The van der Waals surface area contributed by atoms with E-state index < -0.39 is 0 Å². The van der Waals surface area contributed by atoms with Crippen molar-refractivity contribution in [2.45, 2.75) is 75.8 Å². The van der Waals surface area contributed by atoms with Gasteiger partial charge >= 0.3 is 0 Å². The number of hydrogen-bond acceptors (Lipinski definition) is 0. The normalized spacial score (nSPS) is 50.1. The van der Waals surface area contributed by atoms with Gasteiger partial charge in [-0.3, -0.25) is 0 Å². The van der Waals surface area contributed by atoms with E-state index in [1.54, 1.807) is 52.2 Å². The minimum absolute atomic E-state index is 0. The smallest absolute Gasteiger partial charge is 0.0651 e. The molecule has 0 N–H and O–H groups in total. The molecule has 0 nitrogen and oxygen atoms in total. The van der Waals surface area contributed by atoms with Crippen LogP contribution in [0.1, 0.15) is 66.1 Å². The van der Waals surface area contributed by atoms with Gasteiger partial charge in [0.1, 0.15) is 7.28 Å². The summed E-state index contributed by atoms with van der Waals surface area (Å²) in [4.78, 5) is 0. The molecule has 0 aromatic carbocycles. The highest BCUT2D eigenvalue weighted by Crippen LogP contribution is 2.60. The molecule has 1 saturated carbocycles. The number of rotatable bonds is 1. The zero-order valence-corrected chi connectivity index (χ0v) is 10.3. The summed E-state index contributed by atoms with van der Waals surface area (Å²) in [6.07, 6.45) is 14.0. The van der Waals surface area contributed by atoms with Crippen LogP contribution < -0.4 is 0 Å². The lowest BCUT2D eigenvalue weighted by Crippen LogP contribution is -2.39. The Labute approximate surface area is 96.9 Å². The van der Waals surface area contributed by atoms with E-state index in [-0.39, 0.29) is 1.43 Å². The van der Waals surface area contributed by atoms with Gasteiger partial charge in [0.15, 0.2) is 0 Å². The lowest BCUT2D eigenvalue weighted by atomic mass is 9.32. The second-order valence-corrected chi connectivity index (χ2v) is 6.73. The molecule has 1 heteroatoms. The van der Waals surface area contributed by atoms with Crippen molar-refractivity contribution in [1.29, 1.82) is 0 Å². The van der Waals surface area contributed by atoms with Crippen molar-refractivity contribution >= 4 is 7.28 Å². The molecular formula is C14H27B. The first-order chi connectivity index (χ1) is 7.30. The Balaban J connectivity index is 0.000000963. The maximum atomic E-state index is 2.53. The van der Waals surface area contributed by atoms with Crippen LogP contribution in [0, 0.1) is 11.8 Å². The second-order valence-electron chi connectivity index (χ2n) is 6.73. The zero-order chi connectivity index (χ0) is 10.3. The summed E-state index contributed by atoms with van der Waals surface area (Å²) in [6.45, 7) is 2.53. The second kappa shape index (κ2) is 3.82. The fraction of sp³-hybridized carbons (Fsp3) is 1.00. The van der Waals surface area contributed by atoms with Gasteiger partial charge in [0.05, 0.1) is 0 Å². The molecule has 2 heterocycles. The molecule has 0 aromatic rings. The molecule has 2 aliphatic heterocycles. The van der Waals surface area contributed by atoms with Crippen molar-refractivity contribution in [3.05, 3.63) is 0 Å². The van der Waals surface area contributed by atoms with Crippen LogP contribution in [-0.4, -0.2) is 7.28 Å². The molecule has 0 radical (unpaired) electrons. The van der Waals surface area contributed by atoms with E-state index in [1.807, 2.05) is 0 Å². The van der Waals surface area contributed by atoms with Gasteiger partial charge in [0.25, 0.3) is 0 Å². The number of fused-ring (bicyclic) bond motifs is 2. The van der Waals surface area contributed by atoms with E-state index >= 15 is 0 Å². The molecule has 0 amide bonds. The van der Waals surface area contributed by atoms with Gasteiger partial charge in [-0.2, -0.15) is 0 Å². The van der Waals surface area contributed by atoms with Crippen molar-refractivity contribution in [2.24, 2.45) is 11.8 Å². The molecule has 2 saturated heterocycles. The third-order valence-corrected chi connectivity index (χ3v) is 5.92. The highest BCUT2D eigenvalue weighted by molar-refractivity contribution is 6.42. The molecule has 0 spiro atoms. The molecule has 1 aliphatic carbocycles. The summed E-state index contributed by atoms with van der Waals surface area (Å²) in [7, 11) is 1.61. The minimum Gasteiger partial charge on any atom is -0.0651 e. The van der Waals surface area contributed by atoms with Gasteiger partial charge in [-0.05, 0) is 11.8 Å². The highest BCUT2D eigenvalue weighted by Gasteiger charge is 2.47. The minimum atomic E-state index is 0. The summed E-state index contributed by atoms with van der Waals surface area (Å²) < 4.78 is 0. The Morgan fingerprint density at radius 1 is 1.00 bits per heavy atom. The fourth-order valence-electron chi connectivity index (χ4n) is 5.32. The molecule has 3 rings (SSSR count). The first-order valence-corrected chi connectivity index (χ1v) is 7.30. The van der Waals surface area contributed by atoms with Crippen LogP contribution in [0.3, 0.4) is 0 Å². The van der Waals surface area contributed by atoms with Crippen molar-refractivity contribution in [3.63, 3.8) is 0 Å². The highest BCUT2D eigenvalue weighted by atomic mass is 14.5. The van der Waals surface area contributed by atoms with E-state index in [2.05, 4.69) is 6.92 Å². The summed E-state index contributed by atoms with van der Waals surface area (Å²) in [6, 6.07) is 0. The molecule has 3 fully saturated rings. The standard InChI is InChI=1S/C14H25B.H2/c1-11-5-2-8-13(11)14-9-3-6-12(15-14)7-4-10-14;/h11-13,15H,2-10H2,1H3;1H. The lowest BCUT2D eigenvalue weighted by Gasteiger charge is -2.50. The third kappa shape index (κ3) is 1.67. The maximum Gasteiger partial charge on any atom is 0.131 e. The molecule has 15 heavy (non-hydrogen) atoms. The summed E-state index contributed by atoms with van der Waals surface area (Å²) >= 11 is 0. The zero-order valence-electron chi connectivity index (χ0n) is 10.3. The molecule has 2 atom stereocenters. The van der Waals surface area contributed by atoms with Crippen LogP contribution in [-0.2, 0) is 0 Å². The Morgan fingerprint density at radius 2 is 1.73 bits per heavy atom. The van der Waals surface area contributed by atoms with Gasteiger partial charge in [-0.25, -0.2) is 0 Å². The predicted molar refractivity (Wildman–Crippen MR) is 69.9 cm³/mol. The molecule has 0 aromatic heterocycles. The molecule has 3 aliphatic rings. The van der Waals surface area contributed by atoms with Gasteiger partial charge < -0.3 is 0 Å². The van der Waals surface area contributed by atoms with Gasteiger partial charge in [-0.15, -0.1) is 0 Å². The first kappa shape index (κ1) is 10.2. The Hall–Kier alpha value is 0.0649. The van der Waals surface area contributed by atoms with Crippen LogP contribution in [0.2, 0.25) is 11.1 Å². The molecule has 86 valence electrons. The number of hydrogen-bond donors (Lipinski definition) is 0. The fourth-order valence-corrected chi connectivity index (χ4v) is 5.32. The quantitative estimate of drug-likeness (QED) is 0.557. The van der Waals surface area contributed by atoms with Crippen LogP contribution >= 0.6 is 0 Å². The van der Waals surface area contributed by atoms with E-state index in [0.717, 1.165) is 23.0 Å². The van der Waals surface area contributed by atoms with Gasteiger partial charge in [0, 0.05) is 1.43 Å². The summed E-state index contributed by atoms with van der Waals surface area (Å²) in [5.41, 5.74) is 0. The van der Waals surface area contributed by atoms with Crippen LogP contribution in [0.25, 0.3) is 0 Å².